The molecule has 1 aliphatic heterocycles. The van der Waals surface area contributed by atoms with E-state index in [0.29, 0.717) is 29.7 Å². The van der Waals surface area contributed by atoms with Crippen molar-refractivity contribution < 1.29 is 9.34 Å². The highest BCUT2D eigenvalue weighted by atomic mass is 16.6. The van der Waals surface area contributed by atoms with Crippen LogP contribution in [0.4, 0.5) is 11.7 Å². The second kappa shape index (κ2) is 5.69. The molecule has 1 fully saturated rings. The summed E-state index contributed by atoms with van der Waals surface area (Å²) in [5.74, 6) is 0. The fraction of sp³-hybridized carbons (Fsp3) is 0.500. The number of benzene rings is 1. The van der Waals surface area contributed by atoms with Crippen molar-refractivity contribution in [2.75, 3.05) is 18.0 Å². The molecule has 21 heavy (non-hydrogen) atoms. The minimum absolute atomic E-state index is 0.0161. The van der Waals surface area contributed by atoms with Crippen molar-refractivity contribution >= 4 is 22.8 Å². The van der Waals surface area contributed by atoms with Crippen molar-refractivity contribution in [1.82, 2.24) is 4.98 Å². The van der Waals surface area contributed by atoms with E-state index in [1.165, 1.54) is 18.6 Å². The molecule has 2 heterocycles. The van der Waals surface area contributed by atoms with E-state index in [9.17, 15) is 10.1 Å². The largest absolute Gasteiger partial charge is 0.423 e. The number of fused-ring (bicyclic) bond motifs is 1. The first-order valence-electron chi connectivity index (χ1n) is 7.21. The lowest BCUT2D eigenvalue weighted by Crippen LogP contribution is -2.41. The molecular weight excluding hydrogens is 272 g/mol. The Kier molecular flexibility index (Phi) is 3.74. The molecule has 1 aliphatic rings. The number of hydrogen-bond donors (Lipinski definition) is 1. The molecule has 1 aromatic carbocycles. The third-order valence-corrected chi connectivity index (χ3v) is 3.94. The molecule has 1 atom stereocenters. The second-order valence-corrected chi connectivity index (χ2v) is 5.33. The van der Waals surface area contributed by atoms with Crippen LogP contribution in [0.3, 0.4) is 0 Å². The second-order valence-electron chi connectivity index (χ2n) is 5.33. The average Bonchev–Trinajstić information content (AvgIpc) is 2.90. The Hall–Kier alpha value is -2.15. The first kappa shape index (κ1) is 13.8. The maximum absolute atomic E-state index is 10.8. The Morgan fingerprint density at radius 1 is 1.48 bits per heavy atom. The van der Waals surface area contributed by atoms with Crippen LogP contribution in [0.5, 0.6) is 0 Å². The molecule has 0 spiro atoms. The normalized spacial score (nSPS) is 19.1. The number of nitrogens with zero attached hydrogens (tertiary/aromatic N) is 3. The lowest BCUT2D eigenvalue weighted by atomic mass is 10.00. The van der Waals surface area contributed by atoms with Crippen molar-refractivity contribution in [2.24, 2.45) is 5.73 Å². The molecule has 1 aromatic heterocycles. The third kappa shape index (κ3) is 2.69. The first-order chi connectivity index (χ1) is 10.2. The van der Waals surface area contributed by atoms with Gasteiger partial charge in [0.15, 0.2) is 5.58 Å². The van der Waals surface area contributed by atoms with Gasteiger partial charge in [0.05, 0.1) is 11.0 Å². The molecule has 0 saturated carbocycles. The van der Waals surface area contributed by atoms with E-state index in [-0.39, 0.29) is 5.69 Å². The van der Waals surface area contributed by atoms with Crippen LogP contribution in [-0.4, -0.2) is 29.0 Å². The monoisotopic (exact) mass is 290 g/mol. The van der Waals surface area contributed by atoms with Crippen LogP contribution in [0.2, 0.25) is 0 Å². The molecule has 2 aromatic rings. The van der Waals surface area contributed by atoms with Gasteiger partial charge in [0.2, 0.25) is 0 Å². The number of oxazole rings is 1. The summed E-state index contributed by atoms with van der Waals surface area (Å²) in [6.45, 7) is 1.52. The van der Waals surface area contributed by atoms with Gasteiger partial charge in [-0.2, -0.15) is 4.98 Å². The molecule has 3 rings (SSSR count). The summed E-state index contributed by atoms with van der Waals surface area (Å²) in [5.41, 5.74) is 6.79. The van der Waals surface area contributed by atoms with Crippen molar-refractivity contribution in [3.8, 4) is 0 Å². The predicted octanol–water partition coefficient (Wildman–Crippen LogP) is 2.44. The molecule has 0 radical (unpaired) electrons. The zero-order valence-corrected chi connectivity index (χ0v) is 11.7. The van der Waals surface area contributed by atoms with E-state index < -0.39 is 4.92 Å². The number of rotatable bonds is 4. The van der Waals surface area contributed by atoms with Gasteiger partial charge in [0.1, 0.15) is 5.52 Å². The molecule has 1 saturated heterocycles. The predicted molar refractivity (Wildman–Crippen MR) is 79.3 cm³/mol. The van der Waals surface area contributed by atoms with Gasteiger partial charge in [-0.25, -0.2) is 0 Å². The summed E-state index contributed by atoms with van der Waals surface area (Å²) in [6.07, 6.45) is 4.27. The van der Waals surface area contributed by atoms with E-state index in [2.05, 4.69) is 9.88 Å². The van der Waals surface area contributed by atoms with Crippen molar-refractivity contribution in [3.63, 3.8) is 0 Å². The van der Waals surface area contributed by atoms with Crippen LogP contribution >= 0.6 is 0 Å². The molecule has 2 N–H and O–H groups in total. The van der Waals surface area contributed by atoms with E-state index in [1.54, 1.807) is 6.07 Å². The van der Waals surface area contributed by atoms with E-state index >= 15 is 0 Å². The summed E-state index contributed by atoms with van der Waals surface area (Å²) >= 11 is 0. The summed E-state index contributed by atoms with van der Waals surface area (Å²) in [7, 11) is 0. The van der Waals surface area contributed by atoms with Gasteiger partial charge in [0, 0.05) is 18.7 Å². The van der Waals surface area contributed by atoms with Crippen molar-refractivity contribution in [1.29, 1.82) is 0 Å². The zero-order chi connectivity index (χ0) is 14.8. The lowest BCUT2D eigenvalue weighted by Gasteiger charge is -2.34. The molecule has 0 aliphatic carbocycles. The van der Waals surface area contributed by atoms with Gasteiger partial charge in [-0.15, -0.1) is 0 Å². The smallest absolute Gasteiger partial charge is 0.298 e. The van der Waals surface area contributed by atoms with Crippen LogP contribution in [-0.2, 0) is 0 Å². The number of hydrogen-bond acceptors (Lipinski definition) is 6. The third-order valence-electron chi connectivity index (χ3n) is 3.94. The SMILES string of the molecule is NCCC1CCCCN1c1nc2ccc([N+](=O)[O-])cc2o1. The minimum Gasteiger partial charge on any atom is -0.423 e. The molecular formula is C14H18N4O3. The molecule has 0 amide bonds. The first-order valence-corrected chi connectivity index (χ1v) is 7.21. The van der Waals surface area contributed by atoms with Gasteiger partial charge < -0.3 is 15.1 Å². The molecule has 7 nitrogen and oxygen atoms in total. The summed E-state index contributed by atoms with van der Waals surface area (Å²) in [4.78, 5) is 17.0. The highest BCUT2D eigenvalue weighted by molar-refractivity contribution is 5.77. The number of aromatic nitrogens is 1. The summed E-state index contributed by atoms with van der Waals surface area (Å²) < 4.78 is 5.74. The number of nitro benzene ring substituents is 1. The van der Waals surface area contributed by atoms with Crippen LogP contribution in [0.15, 0.2) is 22.6 Å². The highest BCUT2D eigenvalue weighted by Crippen LogP contribution is 2.30. The van der Waals surface area contributed by atoms with Gasteiger partial charge in [0.25, 0.3) is 11.7 Å². The molecule has 112 valence electrons. The number of nitro groups is 1. The molecule has 0 bridgehead atoms. The quantitative estimate of drug-likeness (QED) is 0.686. The Morgan fingerprint density at radius 3 is 3.10 bits per heavy atom. The average molecular weight is 290 g/mol. The van der Waals surface area contributed by atoms with Crippen LogP contribution in [0.1, 0.15) is 25.7 Å². The fourth-order valence-corrected chi connectivity index (χ4v) is 2.88. The zero-order valence-electron chi connectivity index (χ0n) is 11.7. The van der Waals surface area contributed by atoms with E-state index in [4.69, 9.17) is 10.2 Å². The van der Waals surface area contributed by atoms with Crippen molar-refractivity contribution in [2.45, 2.75) is 31.7 Å². The van der Waals surface area contributed by atoms with Crippen LogP contribution in [0, 0.1) is 10.1 Å². The standard InChI is InChI=1S/C14H18N4O3/c15-7-6-10-3-1-2-8-17(10)14-16-12-5-4-11(18(19)20)9-13(12)21-14/h4-5,9-10H,1-3,6-8,15H2. The summed E-state index contributed by atoms with van der Waals surface area (Å²) in [5, 5.41) is 10.8. The van der Waals surface area contributed by atoms with Crippen molar-refractivity contribution in [3.05, 3.63) is 28.3 Å². The number of anilines is 1. The van der Waals surface area contributed by atoms with Gasteiger partial charge in [-0.1, -0.05) is 0 Å². The Labute approximate surface area is 121 Å². The highest BCUT2D eigenvalue weighted by Gasteiger charge is 2.26. The van der Waals surface area contributed by atoms with Gasteiger partial charge in [-0.3, -0.25) is 10.1 Å². The minimum atomic E-state index is -0.431. The molecule has 7 heteroatoms. The molecule has 1 unspecified atom stereocenters. The summed E-state index contributed by atoms with van der Waals surface area (Å²) in [6, 6.07) is 5.38. The van der Waals surface area contributed by atoms with Crippen LogP contribution in [0.25, 0.3) is 11.1 Å². The number of non-ortho nitro benzene ring substituents is 1. The number of piperidine rings is 1. The fourth-order valence-electron chi connectivity index (χ4n) is 2.88. The maximum atomic E-state index is 10.8. The van der Waals surface area contributed by atoms with Gasteiger partial charge in [-0.05, 0) is 38.3 Å². The number of nitrogens with two attached hydrogens (primary N) is 1. The Morgan fingerprint density at radius 2 is 2.33 bits per heavy atom. The topological polar surface area (TPSA) is 98.4 Å². The van der Waals surface area contributed by atoms with Crippen LogP contribution < -0.4 is 10.6 Å². The lowest BCUT2D eigenvalue weighted by molar-refractivity contribution is -0.384. The Bertz CT molecular complexity index is 653. The maximum Gasteiger partial charge on any atom is 0.298 e. The Balaban J connectivity index is 1.93. The van der Waals surface area contributed by atoms with Gasteiger partial charge >= 0.3 is 0 Å². The van der Waals surface area contributed by atoms with E-state index in [1.807, 2.05) is 0 Å². The van der Waals surface area contributed by atoms with E-state index in [0.717, 1.165) is 25.8 Å².